The lowest BCUT2D eigenvalue weighted by atomic mass is 9.96. The van der Waals surface area contributed by atoms with Gasteiger partial charge in [-0.3, -0.25) is 9.69 Å². The van der Waals surface area contributed by atoms with Gasteiger partial charge in [0.05, 0.1) is 28.3 Å². The van der Waals surface area contributed by atoms with Crippen molar-refractivity contribution in [1.82, 2.24) is 15.1 Å². The van der Waals surface area contributed by atoms with Crippen LogP contribution in [0.15, 0.2) is 36.4 Å². The SMILES string of the molecule is C[C@H]1CN([C@@H](C)CO)C(=O)c2cc(NC(=O)NC3CCCCC3)ccc2O[C@H]1CN(C)Cc1ccc(Cl)c(Cl)c1. The number of benzene rings is 2. The first-order valence-electron chi connectivity index (χ1n) is 14.1. The summed E-state index contributed by atoms with van der Waals surface area (Å²) >= 11 is 12.3. The second-order valence-electron chi connectivity index (χ2n) is 11.2. The molecule has 8 nitrogen and oxygen atoms in total. The van der Waals surface area contributed by atoms with E-state index < -0.39 is 0 Å². The number of ether oxygens (including phenoxy) is 1. The minimum absolute atomic E-state index is 0.0126. The van der Waals surface area contributed by atoms with Crippen LogP contribution in [0.1, 0.15) is 61.9 Å². The molecule has 0 radical (unpaired) electrons. The molecule has 3 amide bonds. The fourth-order valence-corrected chi connectivity index (χ4v) is 5.76. The highest BCUT2D eigenvalue weighted by Gasteiger charge is 2.33. The zero-order valence-electron chi connectivity index (χ0n) is 23.5. The molecule has 1 saturated carbocycles. The summed E-state index contributed by atoms with van der Waals surface area (Å²) in [5, 5.41) is 16.9. The Morgan fingerprint density at radius 2 is 1.90 bits per heavy atom. The molecular weight excluding hydrogens is 551 g/mol. The van der Waals surface area contributed by atoms with E-state index in [1.54, 1.807) is 29.2 Å². The Balaban J connectivity index is 1.53. The molecule has 0 saturated heterocycles. The molecule has 3 atom stereocenters. The lowest BCUT2D eigenvalue weighted by Crippen LogP contribution is -2.49. The molecule has 4 rings (SSSR count). The van der Waals surface area contributed by atoms with E-state index in [4.69, 9.17) is 27.9 Å². The van der Waals surface area contributed by atoms with Gasteiger partial charge in [0.1, 0.15) is 11.9 Å². The van der Waals surface area contributed by atoms with Crippen LogP contribution in [0.25, 0.3) is 0 Å². The third-order valence-electron chi connectivity index (χ3n) is 7.79. The van der Waals surface area contributed by atoms with Gasteiger partial charge in [-0.05, 0) is 62.7 Å². The van der Waals surface area contributed by atoms with Gasteiger partial charge in [-0.15, -0.1) is 0 Å². The van der Waals surface area contributed by atoms with Crippen LogP contribution in [0.5, 0.6) is 5.75 Å². The number of aliphatic hydroxyl groups excluding tert-OH is 1. The van der Waals surface area contributed by atoms with Gasteiger partial charge < -0.3 is 25.4 Å². The van der Waals surface area contributed by atoms with E-state index in [1.807, 2.05) is 26.1 Å². The number of nitrogens with zero attached hydrogens (tertiary/aromatic N) is 2. The van der Waals surface area contributed by atoms with Crippen LogP contribution in [-0.4, -0.2) is 71.8 Å². The molecule has 218 valence electrons. The van der Waals surface area contributed by atoms with Crippen LogP contribution in [-0.2, 0) is 6.54 Å². The van der Waals surface area contributed by atoms with Crippen molar-refractivity contribution in [1.29, 1.82) is 0 Å². The quantitative estimate of drug-likeness (QED) is 0.361. The first kappa shape index (κ1) is 30.4. The largest absolute Gasteiger partial charge is 0.488 e. The fraction of sp³-hybridized carbons (Fsp3) is 0.533. The van der Waals surface area contributed by atoms with E-state index in [2.05, 4.69) is 22.5 Å². The Kier molecular flexibility index (Phi) is 10.6. The van der Waals surface area contributed by atoms with Gasteiger partial charge in [0.2, 0.25) is 0 Å². The maximum Gasteiger partial charge on any atom is 0.319 e. The molecule has 3 N–H and O–H groups in total. The van der Waals surface area contributed by atoms with Crippen molar-refractivity contribution in [3.8, 4) is 5.75 Å². The van der Waals surface area contributed by atoms with Gasteiger partial charge in [0.25, 0.3) is 5.91 Å². The minimum atomic E-state index is -0.373. The number of hydrogen-bond donors (Lipinski definition) is 3. The van der Waals surface area contributed by atoms with Crippen molar-refractivity contribution in [2.75, 3.05) is 32.1 Å². The van der Waals surface area contributed by atoms with E-state index in [0.29, 0.717) is 46.7 Å². The minimum Gasteiger partial charge on any atom is -0.488 e. The van der Waals surface area contributed by atoms with Crippen molar-refractivity contribution in [2.45, 2.75) is 70.7 Å². The topological polar surface area (TPSA) is 94.1 Å². The van der Waals surface area contributed by atoms with E-state index in [1.165, 1.54) is 6.42 Å². The second kappa shape index (κ2) is 13.9. The molecule has 2 aromatic rings. The lowest BCUT2D eigenvalue weighted by Gasteiger charge is -2.38. The maximum absolute atomic E-state index is 13.7. The van der Waals surface area contributed by atoms with Crippen molar-refractivity contribution in [2.24, 2.45) is 5.92 Å². The van der Waals surface area contributed by atoms with E-state index in [0.717, 1.165) is 31.2 Å². The highest BCUT2D eigenvalue weighted by molar-refractivity contribution is 6.42. The first-order chi connectivity index (χ1) is 19.1. The van der Waals surface area contributed by atoms with Crippen LogP contribution in [0.2, 0.25) is 10.0 Å². The molecule has 1 aliphatic heterocycles. The Morgan fingerprint density at radius 3 is 2.60 bits per heavy atom. The van der Waals surface area contributed by atoms with E-state index in [9.17, 15) is 14.7 Å². The average molecular weight is 592 g/mol. The molecule has 1 aliphatic carbocycles. The normalized spacial score (nSPS) is 20.8. The van der Waals surface area contributed by atoms with Crippen LogP contribution < -0.4 is 15.4 Å². The molecule has 1 heterocycles. The maximum atomic E-state index is 13.7. The molecule has 40 heavy (non-hydrogen) atoms. The first-order valence-corrected chi connectivity index (χ1v) is 14.8. The van der Waals surface area contributed by atoms with Gasteiger partial charge in [-0.2, -0.15) is 0 Å². The molecule has 0 spiro atoms. The fourth-order valence-electron chi connectivity index (χ4n) is 5.44. The molecule has 2 aliphatic rings. The summed E-state index contributed by atoms with van der Waals surface area (Å²) in [6.45, 7) is 5.39. The summed E-state index contributed by atoms with van der Waals surface area (Å²) in [5.41, 5.74) is 1.91. The summed E-state index contributed by atoms with van der Waals surface area (Å²) in [5.74, 6) is 0.210. The van der Waals surface area contributed by atoms with Crippen molar-refractivity contribution < 1.29 is 19.4 Å². The summed E-state index contributed by atoms with van der Waals surface area (Å²) in [7, 11) is 2.01. The number of urea groups is 1. The standard InChI is InChI=1S/C30H40Cl2N4O4/c1-19-15-36(20(2)18-37)29(38)24-14-23(34-30(39)33-22-7-5-4-6-8-22)10-12-27(24)40-28(19)17-35(3)16-21-9-11-25(31)26(32)13-21/h9-14,19-20,22,28,37H,4-8,15-18H2,1-3H3,(H2,33,34,39)/t19-,20-,28-/m0/s1. The van der Waals surface area contributed by atoms with Crippen LogP contribution in [0.4, 0.5) is 10.5 Å². The molecule has 10 heteroatoms. The van der Waals surface area contributed by atoms with Gasteiger partial charge in [-0.1, -0.05) is 55.5 Å². The summed E-state index contributed by atoms with van der Waals surface area (Å²) in [6.07, 6.45) is 5.18. The summed E-state index contributed by atoms with van der Waals surface area (Å²) in [6, 6.07) is 10.3. The van der Waals surface area contributed by atoms with Crippen molar-refractivity contribution in [3.63, 3.8) is 0 Å². The number of carbonyl (C=O) groups excluding carboxylic acids is 2. The number of likely N-dealkylation sites (N-methyl/N-ethyl adjacent to an activating group) is 1. The van der Waals surface area contributed by atoms with Gasteiger partial charge in [-0.25, -0.2) is 4.79 Å². The number of fused-ring (bicyclic) bond motifs is 1. The highest BCUT2D eigenvalue weighted by atomic mass is 35.5. The Hall–Kier alpha value is -2.52. The lowest BCUT2D eigenvalue weighted by molar-refractivity contribution is 0.0341. The number of anilines is 1. The number of nitrogens with one attached hydrogen (secondary N) is 2. The Morgan fingerprint density at radius 1 is 1.15 bits per heavy atom. The zero-order valence-corrected chi connectivity index (χ0v) is 25.0. The zero-order chi connectivity index (χ0) is 28.8. The van der Waals surface area contributed by atoms with Crippen molar-refractivity contribution in [3.05, 3.63) is 57.6 Å². The predicted molar refractivity (Wildman–Crippen MR) is 159 cm³/mol. The number of hydrogen-bond acceptors (Lipinski definition) is 5. The third kappa shape index (κ3) is 7.81. The summed E-state index contributed by atoms with van der Waals surface area (Å²) in [4.78, 5) is 30.2. The average Bonchev–Trinajstić information content (AvgIpc) is 2.93. The molecule has 0 unspecified atom stereocenters. The van der Waals surface area contributed by atoms with Gasteiger partial charge in [0, 0.05) is 37.3 Å². The number of aliphatic hydroxyl groups is 1. The van der Waals surface area contributed by atoms with Crippen LogP contribution >= 0.6 is 23.2 Å². The summed E-state index contributed by atoms with van der Waals surface area (Å²) < 4.78 is 6.49. The Labute approximate surface area is 247 Å². The number of halogens is 2. The molecule has 0 bridgehead atoms. The molecule has 2 aromatic carbocycles. The van der Waals surface area contributed by atoms with Gasteiger partial charge >= 0.3 is 6.03 Å². The Bertz CT molecular complexity index is 1190. The smallest absolute Gasteiger partial charge is 0.319 e. The van der Waals surface area contributed by atoms with Crippen LogP contribution in [0.3, 0.4) is 0 Å². The number of carbonyl (C=O) groups is 2. The number of amides is 3. The second-order valence-corrected chi connectivity index (χ2v) is 12.0. The molecule has 0 aromatic heterocycles. The third-order valence-corrected chi connectivity index (χ3v) is 8.53. The monoisotopic (exact) mass is 590 g/mol. The van der Waals surface area contributed by atoms with Crippen LogP contribution in [0, 0.1) is 5.92 Å². The van der Waals surface area contributed by atoms with Gasteiger partial charge in [0.15, 0.2) is 0 Å². The predicted octanol–water partition coefficient (Wildman–Crippen LogP) is 5.80. The van der Waals surface area contributed by atoms with E-state index >= 15 is 0 Å². The highest BCUT2D eigenvalue weighted by Crippen LogP contribution is 2.31. The number of rotatable bonds is 8. The van der Waals surface area contributed by atoms with E-state index in [-0.39, 0.29) is 42.7 Å². The van der Waals surface area contributed by atoms with Crippen molar-refractivity contribution >= 4 is 40.8 Å². The molecule has 1 fully saturated rings. The molecular formula is C30H40Cl2N4O4.